The monoisotopic (exact) mass is 351 g/mol. The number of hydrogen-bond acceptors (Lipinski definition) is 5. The number of halogens is 1. The highest BCUT2D eigenvalue weighted by atomic mass is 79.9. The number of ether oxygens (including phenoxy) is 2. The molecule has 1 heterocycles. The van der Waals surface area contributed by atoms with E-state index < -0.39 is 5.97 Å². The molecule has 21 heavy (non-hydrogen) atoms. The van der Waals surface area contributed by atoms with Gasteiger partial charge < -0.3 is 14.6 Å². The molecule has 0 fully saturated rings. The Morgan fingerprint density at radius 2 is 2.10 bits per heavy atom. The second-order valence-corrected chi connectivity index (χ2v) is 5.24. The Labute approximate surface area is 130 Å². The Hall–Kier alpha value is -2.08. The van der Waals surface area contributed by atoms with Crippen LogP contribution in [0.2, 0.25) is 0 Å². The van der Waals surface area contributed by atoms with Crippen LogP contribution in [-0.2, 0) is 9.53 Å². The number of aliphatic hydroxyl groups excluding tert-OH is 1. The highest BCUT2D eigenvalue weighted by Crippen LogP contribution is 2.30. The molecule has 110 valence electrons. The van der Waals surface area contributed by atoms with Gasteiger partial charge >= 0.3 is 5.97 Å². The SMILES string of the molecule is COC(=O)C1=C(O)/C(=C\c2cc(Br)ccc2OC)N=C1C. The van der Waals surface area contributed by atoms with Gasteiger partial charge in [0.1, 0.15) is 17.0 Å². The van der Waals surface area contributed by atoms with Gasteiger partial charge in [-0.2, -0.15) is 0 Å². The van der Waals surface area contributed by atoms with Crippen LogP contribution in [-0.4, -0.2) is 31.0 Å². The number of hydrogen-bond donors (Lipinski definition) is 1. The van der Waals surface area contributed by atoms with Crippen molar-refractivity contribution in [2.24, 2.45) is 4.99 Å². The number of methoxy groups -OCH3 is 2. The number of carbonyl (C=O) groups excluding carboxylic acids is 1. The molecule has 0 radical (unpaired) electrons. The lowest BCUT2D eigenvalue weighted by atomic mass is 10.1. The molecule has 0 amide bonds. The summed E-state index contributed by atoms with van der Waals surface area (Å²) in [6.45, 7) is 1.64. The standard InChI is InChI=1S/C15H14BrNO4/c1-8-13(15(19)21-3)14(18)11(17-8)7-9-6-10(16)4-5-12(9)20-2/h4-7,18H,1-3H3/b11-7+. The highest BCUT2D eigenvalue weighted by molar-refractivity contribution is 9.10. The maximum Gasteiger partial charge on any atom is 0.343 e. The van der Waals surface area contributed by atoms with Crippen LogP contribution in [0.25, 0.3) is 6.08 Å². The molecule has 1 aromatic rings. The third-order valence-corrected chi connectivity index (χ3v) is 3.50. The van der Waals surface area contributed by atoms with Crippen molar-refractivity contribution in [1.29, 1.82) is 0 Å². The fourth-order valence-corrected chi connectivity index (χ4v) is 2.38. The first-order valence-electron chi connectivity index (χ1n) is 6.10. The minimum Gasteiger partial charge on any atom is -0.505 e. The van der Waals surface area contributed by atoms with Gasteiger partial charge in [0.15, 0.2) is 5.76 Å². The molecule has 1 N–H and O–H groups in total. The molecular weight excluding hydrogens is 338 g/mol. The zero-order valence-corrected chi connectivity index (χ0v) is 13.4. The smallest absolute Gasteiger partial charge is 0.343 e. The number of carbonyl (C=O) groups is 1. The lowest BCUT2D eigenvalue weighted by Crippen LogP contribution is -2.11. The van der Waals surface area contributed by atoms with Crippen LogP contribution >= 0.6 is 15.9 Å². The van der Waals surface area contributed by atoms with Gasteiger partial charge in [-0.3, -0.25) is 0 Å². The molecule has 5 nitrogen and oxygen atoms in total. The predicted octanol–water partition coefficient (Wildman–Crippen LogP) is 3.26. The van der Waals surface area contributed by atoms with Crippen molar-refractivity contribution in [3.05, 3.63) is 45.3 Å². The average Bonchev–Trinajstić information content (AvgIpc) is 2.73. The van der Waals surface area contributed by atoms with Crippen LogP contribution < -0.4 is 4.74 Å². The van der Waals surface area contributed by atoms with E-state index in [-0.39, 0.29) is 11.3 Å². The molecule has 0 aliphatic carbocycles. The Morgan fingerprint density at radius 3 is 2.71 bits per heavy atom. The van der Waals surface area contributed by atoms with Gasteiger partial charge in [0.2, 0.25) is 0 Å². The molecule has 2 rings (SSSR count). The summed E-state index contributed by atoms with van der Waals surface area (Å²) in [7, 11) is 2.82. The Kier molecular flexibility index (Phi) is 4.47. The van der Waals surface area contributed by atoms with Gasteiger partial charge in [-0.05, 0) is 31.2 Å². The molecule has 1 aliphatic heterocycles. The van der Waals surface area contributed by atoms with Gasteiger partial charge in [0.25, 0.3) is 0 Å². The third kappa shape index (κ3) is 3.00. The van der Waals surface area contributed by atoms with Gasteiger partial charge in [0.05, 0.1) is 19.9 Å². The number of rotatable bonds is 3. The molecule has 0 saturated heterocycles. The fraction of sp³-hybridized carbons (Fsp3) is 0.200. The maximum atomic E-state index is 11.6. The molecule has 6 heteroatoms. The van der Waals surface area contributed by atoms with Crippen LogP contribution in [0.4, 0.5) is 0 Å². The Morgan fingerprint density at radius 1 is 1.38 bits per heavy atom. The maximum absolute atomic E-state index is 11.6. The summed E-state index contributed by atoms with van der Waals surface area (Å²) in [4.78, 5) is 15.8. The molecule has 0 unspecified atom stereocenters. The summed E-state index contributed by atoms with van der Waals surface area (Å²) in [5.74, 6) is -0.169. The van der Waals surface area contributed by atoms with Crippen molar-refractivity contribution >= 4 is 33.7 Å². The molecule has 0 aromatic heterocycles. The fourth-order valence-electron chi connectivity index (χ4n) is 2.00. The van der Waals surface area contributed by atoms with Crippen LogP contribution in [0.1, 0.15) is 12.5 Å². The summed E-state index contributed by atoms with van der Waals surface area (Å²) >= 11 is 3.38. The highest BCUT2D eigenvalue weighted by Gasteiger charge is 2.27. The van der Waals surface area contributed by atoms with Gasteiger partial charge in [-0.15, -0.1) is 0 Å². The van der Waals surface area contributed by atoms with Crippen molar-refractivity contribution < 1.29 is 19.4 Å². The van der Waals surface area contributed by atoms with E-state index in [2.05, 4.69) is 25.7 Å². The van der Waals surface area contributed by atoms with Crippen LogP contribution in [0.15, 0.2) is 44.7 Å². The molecule has 0 saturated carbocycles. The second kappa shape index (κ2) is 6.13. The van der Waals surface area contributed by atoms with Crippen molar-refractivity contribution in [3.63, 3.8) is 0 Å². The number of aliphatic hydroxyl groups is 1. The number of benzene rings is 1. The number of aliphatic imine (C=N–C) groups is 1. The first-order chi connectivity index (χ1) is 9.97. The Bertz CT molecular complexity index is 689. The van der Waals surface area contributed by atoms with E-state index in [1.165, 1.54) is 7.11 Å². The average molecular weight is 352 g/mol. The van der Waals surface area contributed by atoms with Crippen LogP contribution in [0.5, 0.6) is 5.75 Å². The lowest BCUT2D eigenvalue weighted by Gasteiger charge is -2.06. The largest absolute Gasteiger partial charge is 0.505 e. The van der Waals surface area contributed by atoms with Crippen molar-refractivity contribution in [2.45, 2.75) is 6.92 Å². The van der Waals surface area contributed by atoms with Crippen molar-refractivity contribution in [2.75, 3.05) is 14.2 Å². The molecule has 0 bridgehead atoms. The van der Waals surface area contributed by atoms with E-state index in [1.54, 1.807) is 26.2 Å². The zero-order valence-electron chi connectivity index (χ0n) is 11.8. The van der Waals surface area contributed by atoms with Crippen LogP contribution in [0.3, 0.4) is 0 Å². The van der Waals surface area contributed by atoms with Crippen molar-refractivity contribution in [1.82, 2.24) is 0 Å². The van der Waals surface area contributed by atoms with Crippen molar-refractivity contribution in [3.8, 4) is 5.75 Å². The topological polar surface area (TPSA) is 68.1 Å². The van der Waals surface area contributed by atoms with E-state index in [9.17, 15) is 9.90 Å². The number of nitrogens with zero attached hydrogens (tertiary/aromatic N) is 1. The minimum atomic E-state index is -0.613. The van der Waals surface area contributed by atoms with Gasteiger partial charge in [-0.25, -0.2) is 9.79 Å². The third-order valence-electron chi connectivity index (χ3n) is 3.00. The molecular formula is C15H14BrNO4. The lowest BCUT2D eigenvalue weighted by molar-refractivity contribution is -0.135. The van der Waals surface area contributed by atoms with E-state index in [0.717, 1.165) is 10.0 Å². The van der Waals surface area contributed by atoms with E-state index >= 15 is 0 Å². The summed E-state index contributed by atoms with van der Waals surface area (Å²) in [6, 6.07) is 5.48. The molecule has 0 spiro atoms. The summed E-state index contributed by atoms with van der Waals surface area (Å²) in [5, 5.41) is 10.2. The first kappa shape index (κ1) is 15.3. The summed E-state index contributed by atoms with van der Waals surface area (Å²) in [6.07, 6.45) is 1.65. The first-order valence-corrected chi connectivity index (χ1v) is 6.90. The summed E-state index contributed by atoms with van der Waals surface area (Å²) < 4.78 is 10.8. The van der Waals surface area contributed by atoms with E-state index in [0.29, 0.717) is 17.2 Å². The quantitative estimate of drug-likeness (QED) is 0.848. The minimum absolute atomic E-state index is 0.0812. The van der Waals surface area contributed by atoms with Gasteiger partial charge in [0, 0.05) is 10.0 Å². The Balaban J connectivity index is 2.51. The molecule has 1 aliphatic rings. The van der Waals surface area contributed by atoms with E-state index in [4.69, 9.17) is 4.74 Å². The van der Waals surface area contributed by atoms with Gasteiger partial charge in [-0.1, -0.05) is 15.9 Å². The molecule has 0 atom stereocenters. The van der Waals surface area contributed by atoms with E-state index in [1.807, 2.05) is 12.1 Å². The zero-order chi connectivity index (χ0) is 15.6. The molecule has 1 aromatic carbocycles. The second-order valence-electron chi connectivity index (χ2n) is 4.33. The number of esters is 1. The van der Waals surface area contributed by atoms with Crippen LogP contribution in [0, 0.1) is 0 Å². The summed E-state index contributed by atoms with van der Waals surface area (Å²) in [5.41, 5.74) is 1.53. The normalized spacial score (nSPS) is 16.2. The predicted molar refractivity (Wildman–Crippen MR) is 83.5 cm³/mol.